The largest absolute Gasteiger partial charge is 0.399 e. The molecule has 1 saturated heterocycles. The van der Waals surface area contributed by atoms with Gasteiger partial charge in [0.05, 0.1) is 6.54 Å². The molecule has 0 aromatic heterocycles. The minimum atomic E-state index is -0.0109. The Bertz CT molecular complexity index is 513. The molecule has 0 unspecified atom stereocenters. The summed E-state index contributed by atoms with van der Waals surface area (Å²) in [6.45, 7) is 5.16. The third-order valence-corrected chi connectivity index (χ3v) is 3.59. The van der Waals surface area contributed by atoms with Gasteiger partial charge in [-0.15, -0.1) is 0 Å². The van der Waals surface area contributed by atoms with E-state index in [9.17, 15) is 9.59 Å². The number of amides is 2. The highest BCUT2D eigenvalue weighted by molar-refractivity contribution is 5.92. The maximum absolute atomic E-state index is 12.0. The van der Waals surface area contributed by atoms with E-state index in [1.807, 2.05) is 32.0 Å². The first-order valence-electron chi connectivity index (χ1n) is 6.42. The first kappa shape index (κ1) is 13.4. The van der Waals surface area contributed by atoms with Gasteiger partial charge in [-0.1, -0.05) is 12.1 Å². The lowest BCUT2D eigenvalue weighted by molar-refractivity contribution is -0.150. The lowest BCUT2D eigenvalue weighted by Gasteiger charge is -2.33. The topological polar surface area (TPSA) is 66.6 Å². The number of rotatable bonds is 3. The third kappa shape index (κ3) is 2.70. The predicted octanol–water partition coefficient (Wildman–Crippen LogP) is 0.768. The van der Waals surface area contributed by atoms with Gasteiger partial charge in [0.25, 0.3) is 0 Å². The number of hydrogen-bond donors (Lipinski definition) is 1. The second-order valence-electron chi connectivity index (χ2n) is 4.79. The van der Waals surface area contributed by atoms with Crippen molar-refractivity contribution in [1.29, 1.82) is 0 Å². The van der Waals surface area contributed by atoms with Gasteiger partial charge in [0, 0.05) is 18.8 Å². The number of carbonyl (C=O) groups excluding carboxylic acids is 2. The summed E-state index contributed by atoms with van der Waals surface area (Å²) in [6, 6.07) is 5.64. The Balaban J connectivity index is 2.13. The molecule has 5 heteroatoms. The number of piperazine rings is 1. The summed E-state index contributed by atoms with van der Waals surface area (Å²) in [5, 5.41) is 0. The van der Waals surface area contributed by atoms with E-state index in [1.54, 1.807) is 9.80 Å². The third-order valence-electron chi connectivity index (χ3n) is 3.59. The van der Waals surface area contributed by atoms with Crippen molar-refractivity contribution < 1.29 is 9.59 Å². The average Bonchev–Trinajstić information content (AvgIpc) is 2.38. The van der Waals surface area contributed by atoms with Gasteiger partial charge >= 0.3 is 0 Å². The molecule has 1 fully saturated rings. The number of likely N-dealkylation sites (N-methyl/N-ethyl adjacent to an activating group) is 1. The molecule has 2 N–H and O–H groups in total. The van der Waals surface area contributed by atoms with Crippen molar-refractivity contribution in [3.8, 4) is 0 Å². The zero-order chi connectivity index (χ0) is 14.0. The van der Waals surface area contributed by atoms with Crippen LogP contribution in [0.25, 0.3) is 0 Å². The minimum Gasteiger partial charge on any atom is -0.399 e. The van der Waals surface area contributed by atoms with E-state index in [-0.39, 0.29) is 24.9 Å². The smallest absolute Gasteiger partial charge is 0.242 e. The molecule has 1 aliphatic heterocycles. The monoisotopic (exact) mass is 261 g/mol. The summed E-state index contributed by atoms with van der Waals surface area (Å²) in [5.41, 5.74) is 8.53. The van der Waals surface area contributed by atoms with Crippen molar-refractivity contribution in [3.63, 3.8) is 0 Å². The van der Waals surface area contributed by atoms with E-state index in [0.29, 0.717) is 18.8 Å². The van der Waals surface area contributed by atoms with Crippen LogP contribution in [0.1, 0.15) is 18.1 Å². The highest BCUT2D eigenvalue weighted by Gasteiger charge is 2.28. The molecule has 0 bridgehead atoms. The molecule has 1 aromatic rings. The molecular formula is C14H19N3O2. The second kappa shape index (κ2) is 5.30. The number of nitrogens with zero attached hydrogens (tertiary/aromatic N) is 2. The molecule has 1 heterocycles. The molecular weight excluding hydrogens is 242 g/mol. The Morgan fingerprint density at radius 3 is 2.47 bits per heavy atom. The van der Waals surface area contributed by atoms with Crippen LogP contribution < -0.4 is 5.73 Å². The van der Waals surface area contributed by atoms with Gasteiger partial charge in [0.15, 0.2) is 0 Å². The van der Waals surface area contributed by atoms with Crippen LogP contribution in [0, 0.1) is 6.92 Å². The molecule has 0 radical (unpaired) electrons. The molecule has 2 rings (SSSR count). The zero-order valence-electron chi connectivity index (χ0n) is 11.3. The Morgan fingerprint density at radius 2 is 1.79 bits per heavy atom. The van der Waals surface area contributed by atoms with Crippen molar-refractivity contribution in [2.24, 2.45) is 0 Å². The van der Waals surface area contributed by atoms with E-state index in [2.05, 4.69) is 0 Å². The fourth-order valence-corrected chi connectivity index (χ4v) is 2.22. The maximum Gasteiger partial charge on any atom is 0.242 e. The summed E-state index contributed by atoms with van der Waals surface area (Å²) in [7, 11) is 0. The number of carbonyl (C=O) groups is 2. The highest BCUT2D eigenvalue weighted by atomic mass is 16.2. The summed E-state index contributed by atoms with van der Waals surface area (Å²) < 4.78 is 0. The van der Waals surface area contributed by atoms with Gasteiger partial charge in [-0.3, -0.25) is 9.59 Å². The van der Waals surface area contributed by atoms with Gasteiger partial charge < -0.3 is 15.5 Å². The van der Waals surface area contributed by atoms with Gasteiger partial charge in [-0.05, 0) is 31.0 Å². The standard InChI is InChI=1S/C14H19N3O2/c1-3-16-8-14(19)17(9-13(16)18)7-11-5-4-6-12(15)10(11)2/h4-6H,3,7-9,15H2,1-2H3. The van der Waals surface area contributed by atoms with E-state index < -0.39 is 0 Å². The summed E-state index contributed by atoms with van der Waals surface area (Å²) >= 11 is 0. The number of nitrogen functional groups attached to an aromatic ring is 1. The van der Waals surface area contributed by atoms with Crippen molar-refractivity contribution in [1.82, 2.24) is 9.80 Å². The van der Waals surface area contributed by atoms with Crippen molar-refractivity contribution >= 4 is 17.5 Å². The van der Waals surface area contributed by atoms with Crippen LogP contribution in [0.3, 0.4) is 0 Å². The normalized spacial score (nSPS) is 16.1. The van der Waals surface area contributed by atoms with Crippen LogP contribution in [0.2, 0.25) is 0 Å². The fourth-order valence-electron chi connectivity index (χ4n) is 2.22. The molecule has 0 spiro atoms. The van der Waals surface area contributed by atoms with Crippen LogP contribution in [0.5, 0.6) is 0 Å². The second-order valence-corrected chi connectivity index (χ2v) is 4.79. The maximum atomic E-state index is 12.0. The van der Waals surface area contributed by atoms with Crippen LogP contribution in [0.15, 0.2) is 18.2 Å². The highest BCUT2D eigenvalue weighted by Crippen LogP contribution is 2.18. The fraction of sp³-hybridized carbons (Fsp3) is 0.429. The Hall–Kier alpha value is -2.04. The molecule has 102 valence electrons. The number of benzene rings is 1. The van der Waals surface area contributed by atoms with Crippen LogP contribution in [-0.4, -0.2) is 41.2 Å². The van der Waals surface area contributed by atoms with Crippen LogP contribution in [0.4, 0.5) is 5.69 Å². The first-order valence-corrected chi connectivity index (χ1v) is 6.42. The van der Waals surface area contributed by atoms with E-state index in [0.717, 1.165) is 11.1 Å². The summed E-state index contributed by atoms with van der Waals surface area (Å²) in [4.78, 5) is 27.0. The van der Waals surface area contributed by atoms with Crippen LogP contribution in [-0.2, 0) is 16.1 Å². The predicted molar refractivity (Wildman–Crippen MR) is 73.3 cm³/mol. The van der Waals surface area contributed by atoms with Gasteiger partial charge in [-0.2, -0.15) is 0 Å². The first-order chi connectivity index (χ1) is 9.02. The summed E-state index contributed by atoms with van der Waals surface area (Å²) in [6.07, 6.45) is 0. The average molecular weight is 261 g/mol. The lowest BCUT2D eigenvalue weighted by Crippen LogP contribution is -2.53. The van der Waals surface area contributed by atoms with E-state index in [4.69, 9.17) is 5.73 Å². The van der Waals surface area contributed by atoms with Crippen molar-refractivity contribution in [3.05, 3.63) is 29.3 Å². The molecule has 0 aliphatic carbocycles. The number of hydrogen-bond acceptors (Lipinski definition) is 3. The molecule has 19 heavy (non-hydrogen) atoms. The van der Waals surface area contributed by atoms with Gasteiger partial charge in [-0.25, -0.2) is 0 Å². The Kier molecular flexibility index (Phi) is 3.74. The molecule has 1 aliphatic rings. The van der Waals surface area contributed by atoms with Crippen molar-refractivity contribution in [2.75, 3.05) is 25.4 Å². The Labute approximate surface area is 113 Å². The van der Waals surface area contributed by atoms with E-state index >= 15 is 0 Å². The molecule has 0 saturated carbocycles. The van der Waals surface area contributed by atoms with Crippen LogP contribution >= 0.6 is 0 Å². The van der Waals surface area contributed by atoms with Gasteiger partial charge in [0.2, 0.25) is 11.8 Å². The SMILES string of the molecule is CCN1CC(=O)N(Cc2cccc(N)c2C)CC1=O. The Morgan fingerprint density at radius 1 is 1.16 bits per heavy atom. The molecule has 2 amide bonds. The molecule has 1 aromatic carbocycles. The van der Waals surface area contributed by atoms with Crippen molar-refractivity contribution in [2.45, 2.75) is 20.4 Å². The minimum absolute atomic E-state index is 0.00339. The lowest BCUT2D eigenvalue weighted by atomic mass is 10.1. The van der Waals surface area contributed by atoms with Gasteiger partial charge in [0.1, 0.15) is 6.54 Å². The zero-order valence-corrected chi connectivity index (χ0v) is 11.3. The number of nitrogens with two attached hydrogens (primary N) is 1. The molecule has 0 atom stereocenters. The molecule has 5 nitrogen and oxygen atoms in total. The van der Waals surface area contributed by atoms with E-state index in [1.165, 1.54) is 0 Å². The summed E-state index contributed by atoms with van der Waals surface area (Å²) in [5.74, 6) is -0.00747. The number of anilines is 1. The quantitative estimate of drug-likeness (QED) is 0.817.